The maximum atomic E-state index is 12.6. The molecule has 3 aromatic rings. The van der Waals surface area contributed by atoms with E-state index in [0.717, 1.165) is 11.8 Å². The Morgan fingerprint density at radius 3 is 2.31 bits per heavy atom. The van der Waals surface area contributed by atoms with Gasteiger partial charge in [0.15, 0.2) is 0 Å². The van der Waals surface area contributed by atoms with Crippen molar-refractivity contribution in [2.45, 2.75) is 19.8 Å². The van der Waals surface area contributed by atoms with Gasteiger partial charge >= 0.3 is 5.97 Å². The van der Waals surface area contributed by atoms with Crippen LogP contribution in [-0.2, 0) is 4.74 Å². The summed E-state index contributed by atoms with van der Waals surface area (Å²) in [5, 5.41) is 32.6. The number of unbranched alkanes of at least 4 members (excludes halogenated alkanes) is 1. The fourth-order valence-electron chi connectivity index (χ4n) is 2.94. The van der Waals surface area contributed by atoms with Crippen LogP contribution in [0.2, 0.25) is 0 Å². The number of aromatic hydroxyl groups is 3. The molecule has 0 fully saturated rings. The van der Waals surface area contributed by atoms with E-state index < -0.39 is 5.97 Å². The maximum Gasteiger partial charge on any atom is 0.342 e. The molecule has 3 aromatic carbocycles. The van der Waals surface area contributed by atoms with Gasteiger partial charge in [0.2, 0.25) is 0 Å². The normalized spacial score (nSPS) is 10.8. The third-order valence-corrected chi connectivity index (χ3v) is 4.25. The van der Waals surface area contributed by atoms with Crippen LogP contribution in [0, 0.1) is 0 Å². The lowest BCUT2D eigenvalue weighted by Crippen LogP contribution is -2.09. The lowest BCUT2D eigenvalue weighted by atomic mass is 9.92. The van der Waals surface area contributed by atoms with Crippen molar-refractivity contribution in [1.82, 2.24) is 0 Å². The summed E-state index contributed by atoms with van der Waals surface area (Å²) < 4.78 is 5.23. The summed E-state index contributed by atoms with van der Waals surface area (Å²) >= 11 is 0. The van der Waals surface area contributed by atoms with Crippen molar-refractivity contribution in [3.63, 3.8) is 0 Å². The molecule has 0 unspecified atom stereocenters. The number of rotatable bonds is 5. The molecular formula is C21H20O5. The van der Waals surface area contributed by atoms with Gasteiger partial charge in [-0.25, -0.2) is 4.79 Å². The molecule has 0 aliphatic carbocycles. The number of ether oxygens (including phenoxy) is 1. The van der Waals surface area contributed by atoms with Gasteiger partial charge < -0.3 is 20.1 Å². The molecule has 0 radical (unpaired) electrons. The summed E-state index contributed by atoms with van der Waals surface area (Å²) in [5.74, 6) is -1.38. The predicted molar refractivity (Wildman–Crippen MR) is 99.6 cm³/mol. The Bertz CT molecular complexity index is 962. The Hall–Kier alpha value is -3.21. The van der Waals surface area contributed by atoms with Crippen LogP contribution in [0.3, 0.4) is 0 Å². The summed E-state index contributed by atoms with van der Waals surface area (Å²) in [6.45, 7) is 2.19. The lowest BCUT2D eigenvalue weighted by molar-refractivity contribution is 0.0497. The molecule has 0 saturated carbocycles. The Labute approximate surface area is 151 Å². The van der Waals surface area contributed by atoms with E-state index >= 15 is 0 Å². The Morgan fingerprint density at radius 2 is 1.54 bits per heavy atom. The Balaban J connectivity index is 2.25. The molecule has 0 aromatic heterocycles. The number of hydrogen-bond donors (Lipinski definition) is 3. The van der Waals surface area contributed by atoms with Crippen LogP contribution < -0.4 is 0 Å². The zero-order chi connectivity index (χ0) is 18.7. The van der Waals surface area contributed by atoms with Gasteiger partial charge in [-0.15, -0.1) is 0 Å². The zero-order valence-electron chi connectivity index (χ0n) is 14.4. The van der Waals surface area contributed by atoms with Crippen molar-refractivity contribution in [2.24, 2.45) is 0 Å². The topological polar surface area (TPSA) is 87.0 Å². The van der Waals surface area contributed by atoms with Gasteiger partial charge in [0.25, 0.3) is 0 Å². The lowest BCUT2D eigenvalue weighted by Gasteiger charge is -2.16. The molecule has 26 heavy (non-hydrogen) atoms. The van der Waals surface area contributed by atoms with Crippen molar-refractivity contribution < 1.29 is 24.9 Å². The van der Waals surface area contributed by atoms with E-state index in [2.05, 4.69) is 0 Å². The Kier molecular flexibility index (Phi) is 4.98. The van der Waals surface area contributed by atoms with Gasteiger partial charge in [0, 0.05) is 11.1 Å². The number of fused-ring (bicyclic) bond motifs is 1. The fraction of sp³-hybridized carbons (Fsp3) is 0.190. The van der Waals surface area contributed by atoms with E-state index in [1.807, 2.05) is 19.1 Å². The van der Waals surface area contributed by atoms with Gasteiger partial charge in [0.05, 0.1) is 6.61 Å². The van der Waals surface area contributed by atoms with Crippen LogP contribution >= 0.6 is 0 Å². The summed E-state index contributed by atoms with van der Waals surface area (Å²) in [4.78, 5) is 12.6. The van der Waals surface area contributed by atoms with Crippen LogP contribution in [0.5, 0.6) is 17.2 Å². The van der Waals surface area contributed by atoms with Gasteiger partial charge in [0.1, 0.15) is 22.8 Å². The van der Waals surface area contributed by atoms with Crippen molar-refractivity contribution in [3.8, 4) is 28.4 Å². The SMILES string of the molecule is CCCCOC(=O)c1c(O)ccc(O)c1-c1c(O)ccc2ccccc12. The third-order valence-electron chi connectivity index (χ3n) is 4.25. The quantitative estimate of drug-likeness (QED) is 0.355. The minimum atomic E-state index is -0.741. The second-order valence-corrected chi connectivity index (χ2v) is 6.02. The molecule has 0 bridgehead atoms. The molecule has 3 rings (SSSR count). The zero-order valence-corrected chi connectivity index (χ0v) is 14.4. The van der Waals surface area contributed by atoms with E-state index in [4.69, 9.17) is 4.74 Å². The number of hydrogen-bond acceptors (Lipinski definition) is 5. The second kappa shape index (κ2) is 7.35. The predicted octanol–water partition coefficient (Wildman–Crippen LogP) is 4.58. The first-order valence-corrected chi connectivity index (χ1v) is 8.47. The summed E-state index contributed by atoms with van der Waals surface area (Å²) in [7, 11) is 0. The molecule has 0 aliphatic rings. The molecule has 5 heteroatoms. The molecule has 0 heterocycles. The molecule has 134 valence electrons. The number of carbonyl (C=O) groups is 1. The van der Waals surface area contributed by atoms with Crippen LogP contribution in [0.1, 0.15) is 30.1 Å². The minimum absolute atomic E-state index is 0.0563. The highest BCUT2D eigenvalue weighted by atomic mass is 16.5. The standard InChI is InChI=1S/C21H20O5/c1-2-3-12-26-21(25)20-17(24)11-10-16(23)19(20)18-14-7-5-4-6-13(14)8-9-15(18)22/h4-11,22-24H,2-3,12H2,1H3. The number of carbonyl (C=O) groups excluding carboxylic acids is 1. The first-order valence-electron chi connectivity index (χ1n) is 8.47. The fourth-order valence-corrected chi connectivity index (χ4v) is 2.94. The molecule has 5 nitrogen and oxygen atoms in total. The van der Waals surface area contributed by atoms with Gasteiger partial charge in [-0.3, -0.25) is 0 Å². The van der Waals surface area contributed by atoms with E-state index in [1.54, 1.807) is 18.2 Å². The molecule has 0 saturated heterocycles. The van der Waals surface area contributed by atoms with Crippen LogP contribution in [0.4, 0.5) is 0 Å². The van der Waals surface area contributed by atoms with Crippen molar-refractivity contribution in [2.75, 3.05) is 6.61 Å². The van der Waals surface area contributed by atoms with Crippen molar-refractivity contribution >= 4 is 16.7 Å². The van der Waals surface area contributed by atoms with Gasteiger partial charge in [-0.2, -0.15) is 0 Å². The smallest absolute Gasteiger partial charge is 0.342 e. The van der Waals surface area contributed by atoms with Crippen LogP contribution in [0.15, 0.2) is 48.5 Å². The Morgan fingerprint density at radius 1 is 0.885 bits per heavy atom. The molecule has 0 spiro atoms. The average molecular weight is 352 g/mol. The monoisotopic (exact) mass is 352 g/mol. The summed E-state index contributed by atoms with van der Waals surface area (Å²) in [5.41, 5.74) is 0.174. The maximum absolute atomic E-state index is 12.6. The van der Waals surface area contributed by atoms with E-state index in [9.17, 15) is 20.1 Å². The average Bonchev–Trinajstić information content (AvgIpc) is 2.64. The third kappa shape index (κ3) is 3.16. The summed E-state index contributed by atoms with van der Waals surface area (Å²) in [6, 6.07) is 13.0. The second-order valence-electron chi connectivity index (χ2n) is 6.02. The van der Waals surface area contributed by atoms with E-state index in [1.165, 1.54) is 18.2 Å². The van der Waals surface area contributed by atoms with Crippen molar-refractivity contribution in [1.29, 1.82) is 0 Å². The first kappa shape index (κ1) is 17.6. The molecule has 0 aliphatic heterocycles. The highest BCUT2D eigenvalue weighted by Crippen LogP contribution is 2.45. The highest BCUT2D eigenvalue weighted by molar-refractivity contribution is 6.09. The number of benzene rings is 3. The summed E-state index contributed by atoms with van der Waals surface area (Å²) in [6.07, 6.45) is 1.55. The van der Waals surface area contributed by atoms with Gasteiger partial charge in [-0.1, -0.05) is 43.7 Å². The molecule has 0 atom stereocenters. The number of phenolic OH excluding ortho intramolecular Hbond substituents is 3. The number of phenols is 3. The molecule has 0 amide bonds. The number of esters is 1. The first-order chi connectivity index (χ1) is 12.5. The van der Waals surface area contributed by atoms with E-state index in [-0.39, 0.29) is 40.5 Å². The molecular weight excluding hydrogens is 332 g/mol. The highest BCUT2D eigenvalue weighted by Gasteiger charge is 2.25. The van der Waals surface area contributed by atoms with Gasteiger partial charge in [-0.05, 0) is 35.4 Å². The van der Waals surface area contributed by atoms with E-state index in [0.29, 0.717) is 11.8 Å². The molecule has 3 N–H and O–H groups in total. The van der Waals surface area contributed by atoms with Crippen molar-refractivity contribution in [3.05, 3.63) is 54.1 Å². The van der Waals surface area contributed by atoms with Crippen LogP contribution in [-0.4, -0.2) is 27.9 Å². The largest absolute Gasteiger partial charge is 0.507 e. The van der Waals surface area contributed by atoms with Crippen LogP contribution in [0.25, 0.3) is 21.9 Å². The minimum Gasteiger partial charge on any atom is -0.507 e.